The summed E-state index contributed by atoms with van der Waals surface area (Å²) in [6, 6.07) is 6.51. The second kappa shape index (κ2) is 5.93. The largest absolute Gasteiger partial charge is 0.122 e. The van der Waals surface area contributed by atoms with Gasteiger partial charge in [0, 0.05) is 10.8 Å². The molecule has 0 atom stereocenters. The van der Waals surface area contributed by atoms with Crippen molar-refractivity contribution in [3.63, 3.8) is 0 Å². The molecule has 1 aromatic rings. The minimum Gasteiger partial charge on any atom is -0.122 e. The van der Waals surface area contributed by atoms with Crippen LogP contribution in [0, 0.1) is 6.92 Å². The van der Waals surface area contributed by atoms with Gasteiger partial charge in [-0.3, -0.25) is 0 Å². The third-order valence-corrected chi connectivity index (χ3v) is 3.20. The maximum Gasteiger partial charge on any atom is 0.0476 e. The van der Waals surface area contributed by atoms with Crippen molar-refractivity contribution >= 4 is 23.2 Å². The molecule has 0 spiro atoms. The minimum absolute atomic E-state index is 0.0914. The van der Waals surface area contributed by atoms with Crippen molar-refractivity contribution in [3.05, 3.63) is 34.9 Å². The second-order valence-corrected chi connectivity index (χ2v) is 6.27. The van der Waals surface area contributed by atoms with E-state index in [-0.39, 0.29) is 4.87 Å². The molecule has 0 amide bonds. The predicted molar refractivity (Wildman–Crippen MR) is 73.6 cm³/mol. The Hall–Kier alpha value is -0.200. The minimum atomic E-state index is -0.0914. The molecule has 16 heavy (non-hydrogen) atoms. The van der Waals surface area contributed by atoms with Crippen molar-refractivity contribution in [2.45, 2.75) is 50.8 Å². The Labute approximate surface area is 109 Å². The van der Waals surface area contributed by atoms with Crippen LogP contribution in [-0.4, -0.2) is 4.87 Å². The monoisotopic (exact) mass is 258 g/mol. The Bertz CT molecular complexity index is 337. The van der Waals surface area contributed by atoms with Crippen LogP contribution in [-0.2, 0) is 12.3 Å². The van der Waals surface area contributed by atoms with E-state index in [0.717, 1.165) is 19.3 Å². The highest BCUT2D eigenvalue weighted by Gasteiger charge is 2.12. The van der Waals surface area contributed by atoms with Gasteiger partial charge in [0.05, 0.1) is 0 Å². The standard InChI is InChI=1S/C14H20Cl2/c1-11-6-7-12(13(9-11)10-15)5-4-8-14(2,3)16/h6-7,9H,4-5,8,10H2,1-3H3. The van der Waals surface area contributed by atoms with E-state index in [1.807, 2.05) is 0 Å². The molecule has 0 N–H and O–H groups in total. The first kappa shape index (κ1) is 13.9. The van der Waals surface area contributed by atoms with Crippen LogP contribution >= 0.6 is 23.2 Å². The first-order valence-corrected chi connectivity index (χ1v) is 6.67. The van der Waals surface area contributed by atoms with Gasteiger partial charge < -0.3 is 0 Å². The predicted octanol–water partition coefficient (Wildman–Crippen LogP) is 5.07. The van der Waals surface area contributed by atoms with E-state index in [2.05, 4.69) is 39.0 Å². The highest BCUT2D eigenvalue weighted by atomic mass is 35.5. The fourth-order valence-electron chi connectivity index (χ4n) is 1.82. The molecule has 0 aromatic heterocycles. The highest BCUT2D eigenvalue weighted by molar-refractivity contribution is 6.23. The van der Waals surface area contributed by atoms with Crippen molar-refractivity contribution in [2.24, 2.45) is 0 Å². The van der Waals surface area contributed by atoms with Gasteiger partial charge in [-0.1, -0.05) is 23.8 Å². The molecule has 0 aliphatic rings. The Morgan fingerprint density at radius 1 is 1.19 bits per heavy atom. The molecule has 1 rings (SSSR count). The molecule has 0 nitrogen and oxygen atoms in total. The Balaban J connectivity index is 2.60. The van der Waals surface area contributed by atoms with Gasteiger partial charge in [-0.25, -0.2) is 0 Å². The molecule has 0 radical (unpaired) electrons. The smallest absolute Gasteiger partial charge is 0.0476 e. The number of benzene rings is 1. The van der Waals surface area contributed by atoms with Crippen LogP contribution in [0.4, 0.5) is 0 Å². The van der Waals surface area contributed by atoms with Crippen LogP contribution in [0.15, 0.2) is 18.2 Å². The summed E-state index contributed by atoms with van der Waals surface area (Å²) in [5.41, 5.74) is 3.90. The van der Waals surface area contributed by atoms with Gasteiger partial charge in [0.25, 0.3) is 0 Å². The van der Waals surface area contributed by atoms with E-state index >= 15 is 0 Å². The van der Waals surface area contributed by atoms with Gasteiger partial charge in [0.1, 0.15) is 0 Å². The number of hydrogen-bond donors (Lipinski definition) is 0. The van der Waals surface area contributed by atoms with Crippen LogP contribution in [0.5, 0.6) is 0 Å². The number of hydrogen-bond acceptors (Lipinski definition) is 0. The molecule has 0 bridgehead atoms. The van der Waals surface area contributed by atoms with Gasteiger partial charge in [-0.2, -0.15) is 0 Å². The maximum atomic E-state index is 6.17. The van der Waals surface area contributed by atoms with E-state index in [0.29, 0.717) is 5.88 Å². The summed E-state index contributed by atoms with van der Waals surface area (Å²) in [6.07, 6.45) is 3.21. The lowest BCUT2D eigenvalue weighted by Gasteiger charge is -2.15. The Morgan fingerprint density at radius 3 is 2.44 bits per heavy atom. The average Bonchev–Trinajstić information content (AvgIpc) is 2.18. The number of aryl methyl sites for hydroxylation is 2. The molecule has 90 valence electrons. The van der Waals surface area contributed by atoms with Crippen LogP contribution in [0.1, 0.15) is 43.4 Å². The summed E-state index contributed by atoms with van der Waals surface area (Å²) in [7, 11) is 0. The van der Waals surface area contributed by atoms with Crippen molar-refractivity contribution in [2.75, 3.05) is 0 Å². The summed E-state index contributed by atoms with van der Waals surface area (Å²) in [6.45, 7) is 6.22. The zero-order valence-electron chi connectivity index (χ0n) is 10.3. The van der Waals surface area contributed by atoms with E-state index in [1.165, 1.54) is 16.7 Å². The first-order chi connectivity index (χ1) is 7.42. The van der Waals surface area contributed by atoms with E-state index in [9.17, 15) is 0 Å². The fourth-order valence-corrected chi connectivity index (χ4v) is 2.20. The summed E-state index contributed by atoms with van der Waals surface area (Å²) >= 11 is 12.1. The van der Waals surface area contributed by atoms with Crippen molar-refractivity contribution in [1.82, 2.24) is 0 Å². The summed E-state index contributed by atoms with van der Waals surface area (Å²) in [4.78, 5) is -0.0914. The molecule has 0 saturated heterocycles. The Kier molecular flexibility index (Phi) is 5.14. The molecule has 0 heterocycles. The van der Waals surface area contributed by atoms with E-state index < -0.39 is 0 Å². The molecule has 2 heteroatoms. The lowest BCUT2D eigenvalue weighted by Crippen LogP contribution is -2.10. The third-order valence-electron chi connectivity index (χ3n) is 2.72. The molecule has 0 fully saturated rings. The second-order valence-electron chi connectivity index (χ2n) is 4.98. The van der Waals surface area contributed by atoms with Crippen LogP contribution in [0.25, 0.3) is 0 Å². The molecule has 1 aromatic carbocycles. The van der Waals surface area contributed by atoms with Gasteiger partial charge in [-0.15, -0.1) is 23.2 Å². The van der Waals surface area contributed by atoms with Crippen LogP contribution in [0.2, 0.25) is 0 Å². The number of halogens is 2. The molecule has 0 saturated carbocycles. The van der Waals surface area contributed by atoms with Crippen LogP contribution in [0.3, 0.4) is 0 Å². The Morgan fingerprint density at radius 2 is 1.88 bits per heavy atom. The maximum absolute atomic E-state index is 6.17. The molecule has 0 aliphatic heterocycles. The van der Waals surface area contributed by atoms with Gasteiger partial charge in [-0.05, 0) is 51.2 Å². The average molecular weight is 259 g/mol. The lowest BCUT2D eigenvalue weighted by molar-refractivity contribution is 0.590. The normalized spacial score (nSPS) is 11.8. The number of alkyl halides is 2. The highest BCUT2D eigenvalue weighted by Crippen LogP contribution is 2.22. The summed E-state index contributed by atoms with van der Waals surface area (Å²) in [5.74, 6) is 0.598. The van der Waals surface area contributed by atoms with Gasteiger partial charge in [0.15, 0.2) is 0 Å². The van der Waals surface area contributed by atoms with Crippen molar-refractivity contribution < 1.29 is 0 Å². The third kappa shape index (κ3) is 4.76. The van der Waals surface area contributed by atoms with Crippen molar-refractivity contribution in [3.8, 4) is 0 Å². The summed E-state index contributed by atoms with van der Waals surface area (Å²) in [5, 5.41) is 0. The van der Waals surface area contributed by atoms with E-state index in [1.54, 1.807) is 0 Å². The molecular weight excluding hydrogens is 239 g/mol. The molecule has 0 aliphatic carbocycles. The number of rotatable bonds is 5. The quantitative estimate of drug-likeness (QED) is 0.647. The van der Waals surface area contributed by atoms with Crippen molar-refractivity contribution in [1.29, 1.82) is 0 Å². The molecule has 0 unspecified atom stereocenters. The lowest BCUT2D eigenvalue weighted by atomic mass is 9.98. The van der Waals surface area contributed by atoms with E-state index in [4.69, 9.17) is 23.2 Å². The SMILES string of the molecule is Cc1ccc(CCCC(C)(C)Cl)c(CCl)c1. The van der Waals surface area contributed by atoms with Crippen LogP contribution < -0.4 is 0 Å². The fraction of sp³-hybridized carbons (Fsp3) is 0.571. The molecular formula is C14H20Cl2. The first-order valence-electron chi connectivity index (χ1n) is 5.75. The zero-order chi connectivity index (χ0) is 12.2. The topological polar surface area (TPSA) is 0 Å². The van der Waals surface area contributed by atoms with Gasteiger partial charge >= 0.3 is 0 Å². The van der Waals surface area contributed by atoms with Gasteiger partial charge in [0.2, 0.25) is 0 Å². The summed E-state index contributed by atoms with van der Waals surface area (Å²) < 4.78 is 0. The zero-order valence-corrected chi connectivity index (χ0v) is 11.8.